The van der Waals surface area contributed by atoms with E-state index in [4.69, 9.17) is 0 Å². The molecule has 4 rings (SSSR count). The van der Waals surface area contributed by atoms with Crippen molar-refractivity contribution in [2.75, 3.05) is 0 Å². The number of hydrogen-bond donors (Lipinski definition) is 2. The Labute approximate surface area is 160 Å². The van der Waals surface area contributed by atoms with Crippen molar-refractivity contribution in [2.24, 2.45) is 5.10 Å². The van der Waals surface area contributed by atoms with Gasteiger partial charge in [-0.25, -0.2) is 0 Å². The van der Waals surface area contributed by atoms with E-state index in [0.29, 0.717) is 0 Å². The van der Waals surface area contributed by atoms with Crippen molar-refractivity contribution in [3.05, 3.63) is 70.3 Å². The van der Waals surface area contributed by atoms with Gasteiger partial charge in [0.2, 0.25) is 0 Å². The summed E-state index contributed by atoms with van der Waals surface area (Å²) in [5.41, 5.74) is 13.0. The molecule has 0 saturated heterocycles. The van der Waals surface area contributed by atoms with Gasteiger partial charge < -0.3 is 10.4 Å². The lowest BCUT2D eigenvalue weighted by atomic mass is 10.0. The molecule has 0 aromatic carbocycles. The Kier molecular flexibility index (Phi) is 4.52. The normalized spacial score (nSPS) is 16.7. The van der Waals surface area contributed by atoms with Crippen molar-refractivity contribution in [1.29, 1.82) is 0 Å². The number of rotatable bonds is 3. The van der Waals surface area contributed by atoms with E-state index in [1.54, 1.807) is 0 Å². The lowest BCUT2D eigenvalue weighted by molar-refractivity contribution is 0.495. The topological polar surface area (TPSA) is 66.0 Å². The predicted octanol–water partition coefficient (Wildman–Crippen LogP) is 4.53. The number of nitrogens with one attached hydrogen (secondary N) is 2. The molecule has 0 fully saturated rings. The standard InChI is InChI=1S/C22H25N5/c1-13-9-15(3)23-21(11-13)18-6-5-17(25-18)19-7-8-20(27-26-19)22-12-14(2)10-16(4)24-22/h5-6,9-12,19,25-26H,7-8H2,1-4H3. The van der Waals surface area contributed by atoms with Crippen LogP contribution in [0.25, 0.3) is 11.4 Å². The zero-order valence-electron chi connectivity index (χ0n) is 16.3. The van der Waals surface area contributed by atoms with Crippen molar-refractivity contribution in [2.45, 2.75) is 46.6 Å². The van der Waals surface area contributed by atoms with Gasteiger partial charge in [-0.15, -0.1) is 0 Å². The summed E-state index contributed by atoms with van der Waals surface area (Å²) in [5.74, 6) is 0. The molecule has 5 nitrogen and oxygen atoms in total. The number of nitrogens with zero attached hydrogens (tertiary/aromatic N) is 3. The van der Waals surface area contributed by atoms with E-state index in [9.17, 15) is 0 Å². The van der Waals surface area contributed by atoms with E-state index in [1.807, 2.05) is 13.8 Å². The maximum absolute atomic E-state index is 4.64. The highest BCUT2D eigenvalue weighted by Crippen LogP contribution is 2.26. The predicted molar refractivity (Wildman–Crippen MR) is 109 cm³/mol. The molecule has 0 radical (unpaired) electrons. The number of hydrogen-bond acceptors (Lipinski definition) is 4. The molecule has 0 bridgehead atoms. The second-order valence-electron chi connectivity index (χ2n) is 7.45. The Bertz CT molecular complexity index is 975. The van der Waals surface area contributed by atoms with E-state index in [1.165, 1.54) is 11.1 Å². The molecule has 0 amide bonds. The minimum atomic E-state index is 0.180. The summed E-state index contributed by atoms with van der Waals surface area (Å²) < 4.78 is 0. The molecule has 138 valence electrons. The van der Waals surface area contributed by atoms with E-state index in [-0.39, 0.29) is 6.04 Å². The summed E-state index contributed by atoms with van der Waals surface area (Å²) in [5, 5.41) is 4.62. The second-order valence-corrected chi connectivity index (χ2v) is 7.45. The Balaban J connectivity index is 1.53. The molecule has 1 unspecified atom stereocenters. The Morgan fingerprint density at radius 1 is 0.852 bits per heavy atom. The SMILES string of the molecule is Cc1cc(C)nc(C2=NNC(c3ccc(-c4cc(C)cc(C)n4)[nH]3)CC2)c1. The third-order valence-corrected chi connectivity index (χ3v) is 4.88. The van der Waals surface area contributed by atoms with Crippen molar-refractivity contribution in [1.82, 2.24) is 20.4 Å². The fraction of sp³-hybridized carbons (Fsp3) is 0.318. The molecular formula is C22H25N5. The molecule has 3 aromatic rings. The Hall–Kier alpha value is -2.95. The highest BCUT2D eigenvalue weighted by Gasteiger charge is 2.20. The van der Waals surface area contributed by atoms with Crippen LogP contribution in [0.3, 0.4) is 0 Å². The van der Waals surface area contributed by atoms with E-state index in [2.05, 4.69) is 75.7 Å². The summed E-state index contributed by atoms with van der Waals surface area (Å²) in [6.45, 7) is 8.25. The summed E-state index contributed by atoms with van der Waals surface area (Å²) >= 11 is 0. The first-order valence-corrected chi connectivity index (χ1v) is 9.40. The molecule has 3 aromatic heterocycles. The zero-order chi connectivity index (χ0) is 19.0. The fourth-order valence-electron chi connectivity index (χ4n) is 3.70. The van der Waals surface area contributed by atoms with Crippen molar-refractivity contribution < 1.29 is 0 Å². The van der Waals surface area contributed by atoms with Crippen LogP contribution in [-0.2, 0) is 0 Å². The minimum absolute atomic E-state index is 0.180. The largest absolute Gasteiger partial charge is 0.355 e. The Morgan fingerprint density at radius 3 is 2.15 bits per heavy atom. The van der Waals surface area contributed by atoms with Gasteiger partial charge in [0.1, 0.15) is 0 Å². The van der Waals surface area contributed by atoms with E-state index < -0.39 is 0 Å². The van der Waals surface area contributed by atoms with Gasteiger partial charge in [0, 0.05) is 17.1 Å². The molecule has 1 atom stereocenters. The first-order valence-electron chi connectivity index (χ1n) is 9.40. The van der Waals surface area contributed by atoms with Gasteiger partial charge in [-0.05, 0) is 88.1 Å². The third kappa shape index (κ3) is 3.77. The first kappa shape index (κ1) is 17.5. The molecule has 1 aliphatic rings. The van der Waals surface area contributed by atoms with Crippen LogP contribution >= 0.6 is 0 Å². The smallest absolute Gasteiger partial charge is 0.0870 e. The number of aromatic amines is 1. The molecule has 4 heterocycles. The van der Waals surface area contributed by atoms with Gasteiger partial charge in [-0.1, -0.05) is 0 Å². The zero-order valence-corrected chi connectivity index (χ0v) is 16.3. The minimum Gasteiger partial charge on any atom is -0.355 e. The molecule has 2 N–H and O–H groups in total. The van der Waals surface area contributed by atoms with Gasteiger partial charge in [-0.2, -0.15) is 5.10 Å². The van der Waals surface area contributed by atoms with Crippen molar-refractivity contribution in [3.8, 4) is 11.4 Å². The van der Waals surface area contributed by atoms with Crippen molar-refractivity contribution in [3.63, 3.8) is 0 Å². The summed E-state index contributed by atoms with van der Waals surface area (Å²) in [6, 6.07) is 12.8. The number of hydrazone groups is 1. The second kappa shape index (κ2) is 6.99. The number of aromatic nitrogens is 3. The molecule has 27 heavy (non-hydrogen) atoms. The Morgan fingerprint density at radius 2 is 1.52 bits per heavy atom. The maximum Gasteiger partial charge on any atom is 0.0870 e. The molecular weight excluding hydrogens is 334 g/mol. The molecule has 1 aliphatic heterocycles. The molecule has 0 aliphatic carbocycles. The van der Waals surface area contributed by atoms with Crippen LogP contribution in [0, 0.1) is 27.7 Å². The molecule has 0 spiro atoms. The van der Waals surface area contributed by atoms with Crippen LogP contribution in [0.15, 0.2) is 41.5 Å². The van der Waals surface area contributed by atoms with Crippen molar-refractivity contribution >= 4 is 5.71 Å². The van der Waals surface area contributed by atoms with Crippen LogP contribution in [0.2, 0.25) is 0 Å². The van der Waals surface area contributed by atoms with Crippen LogP contribution in [-0.4, -0.2) is 20.7 Å². The van der Waals surface area contributed by atoms with E-state index >= 15 is 0 Å². The van der Waals surface area contributed by atoms with Gasteiger partial charge in [-0.3, -0.25) is 9.97 Å². The average molecular weight is 359 g/mol. The summed E-state index contributed by atoms with van der Waals surface area (Å²) in [4.78, 5) is 12.8. The first-order chi connectivity index (χ1) is 13.0. The third-order valence-electron chi connectivity index (χ3n) is 4.88. The number of aryl methyl sites for hydroxylation is 4. The maximum atomic E-state index is 4.64. The van der Waals surface area contributed by atoms with Gasteiger partial charge in [0.25, 0.3) is 0 Å². The highest BCUT2D eigenvalue weighted by molar-refractivity contribution is 5.99. The molecule has 0 saturated carbocycles. The summed E-state index contributed by atoms with van der Waals surface area (Å²) in [6.07, 6.45) is 1.89. The van der Waals surface area contributed by atoms with Crippen LogP contribution < -0.4 is 5.43 Å². The van der Waals surface area contributed by atoms with Crippen LogP contribution in [0.1, 0.15) is 52.8 Å². The van der Waals surface area contributed by atoms with Crippen LogP contribution in [0.5, 0.6) is 0 Å². The van der Waals surface area contributed by atoms with Gasteiger partial charge in [0.15, 0.2) is 0 Å². The lowest BCUT2D eigenvalue weighted by Gasteiger charge is -2.22. The quantitative estimate of drug-likeness (QED) is 0.722. The average Bonchev–Trinajstić information content (AvgIpc) is 3.10. The fourth-order valence-corrected chi connectivity index (χ4v) is 3.70. The van der Waals surface area contributed by atoms with Gasteiger partial charge >= 0.3 is 0 Å². The highest BCUT2D eigenvalue weighted by atomic mass is 15.3. The lowest BCUT2D eigenvalue weighted by Crippen LogP contribution is -2.25. The van der Waals surface area contributed by atoms with Crippen LogP contribution in [0.4, 0.5) is 0 Å². The monoisotopic (exact) mass is 359 g/mol. The van der Waals surface area contributed by atoms with Gasteiger partial charge in [0.05, 0.1) is 28.8 Å². The van der Waals surface area contributed by atoms with E-state index in [0.717, 1.165) is 52.7 Å². The molecule has 5 heteroatoms. The summed E-state index contributed by atoms with van der Waals surface area (Å²) in [7, 11) is 0. The number of pyridine rings is 2. The number of H-pyrrole nitrogens is 1.